The van der Waals surface area contributed by atoms with E-state index < -0.39 is 33.3 Å². The van der Waals surface area contributed by atoms with Crippen molar-refractivity contribution >= 4 is 52.6 Å². The van der Waals surface area contributed by atoms with Gasteiger partial charge in [0.15, 0.2) is 0 Å². The van der Waals surface area contributed by atoms with Gasteiger partial charge in [-0.05, 0) is 6.92 Å². The lowest BCUT2D eigenvalue weighted by molar-refractivity contribution is -0.157. The molecule has 1 aliphatic rings. The van der Waals surface area contributed by atoms with Gasteiger partial charge in [0, 0.05) is 5.41 Å². The number of carbonyl (C=O) groups excluding carboxylic acids is 2. The number of aliphatic imine (C=N–C) groups is 1. The summed E-state index contributed by atoms with van der Waals surface area (Å²) in [5, 5.41) is 0. The van der Waals surface area contributed by atoms with E-state index in [0.717, 1.165) is 0 Å². The van der Waals surface area contributed by atoms with Crippen LogP contribution in [0.1, 0.15) is 27.7 Å². The summed E-state index contributed by atoms with van der Waals surface area (Å²) >= 11 is 16.4. The predicted molar refractivity (Wildman–Crippen MR) is 72.6 cm³/mol. The first kappa shape index (κ1) is 16.5. The van der Waals surface area contributed by atoms with Gasteiger partial charge in [-0.1, -0.05) is 55.6 Å². The highest BCUT2D eigenvalue weighted by Gasteiger charge is 2.52. The third-order valence-corrected chi connectivity index (χ3v) is 2.65. The van der Waals surface area contributed by atoms with Crippen LogP contribution in [-0.2, 0) is 19.1 Å². The molecule has 8 heteroatoms. The van der Waals surface area contributed by atoms with Gasteiger partial charge in [-0.25, -0.2) is 14.6 Å². The molecule has 0 spiro atoms. The second-order valence-corrected chi connectivity index (χ2v) is 7.84. The maximum Gasteiger partial charge on any atom is 0.352 e. The number of cyclic esters (lactones) is 1. The van der Waals surface area contributed by atoms with Crippen molar-refractivity contribution in [1.29, 1.82) is 0 Å². The molecular weight excluding hydrogens is 316 g/mol. The van der Waals surface area contributed by atoms with Gasteiger partial charge in [-0.15, -0.1) is 0 Å². The molecule has 0 aromatic carbocycles. The minimum atomic E-state index is -1.75. The fourth-order valence-electron chi connectivity index (χ4n) is 1.20. The summed E-state index contributed by atoms with van der Waals surface area (Å²) in [4.78, 5) is 27.7. The maximum absolute atomic E-state index is 11.9. The van der Waals surface area contributed by atoms with Crippen LogP contribution in [0, 0.1) is 5.41 Å². The quantitative estimate of drug-likeness (QED) is 0.443. The molecule has 5 nitrogen and oxygen atoms in total. The van der Waals surface area contributed by atoms with Gasteiger partial charge in [0.1, 0.15) is 6.61 Å². The number of carbonyl (C=O) groups is 2. The zero-order valence-corrected chi connectivity index (χ0v) is 13.2. The van der Waals surface area contributed by atoms with Crippen molar-refractivity contribution in [3.8, 4) is 0 Å². The molecule has 108 valence electrons. The van der Waals surface area contributed by atoms with Crippen LogP contribution in [0.2, 0.25) is 0 Å². The van der Waals surface area contributed by atoms with Crippen LogP contribution in [0.25, 0.3) is 0 Å². The molecule has 1 aliphatic heterocycles. The Labute approximate surface area is 126 Å². The summed E-state index contributed by atoms with van der Waals surface area (Å²) in [6.45, 7) is 6.24. The number of esters is 2. The molecule has 19 heavy (non-hydrogen) atoms. The Morgan fingerprint density at radius 1 is 1.37 bits per heavy atom. The molecule has 0 saturated carbocycles. The van der Waals surface area contributed by atoms with E-state index in [1.165, 1.54) is 6.92 Å². The van der Waals surface area contributed by atoms with E-state index in [2.05, 4.69) is 4.99 Å². The smallest absolute Gasteiger partial charge is 0.352 e. The van der Waals surface area contributed by atoms with Gasteiger partial charge in [-0.3, -0.25) is 0 Å². The van der Waals surface area contributed by atoms with Crippen molar-refractivity contribution in [2.45, 2.75) is 37.0 Å². The molecule has 0 radical (unpaired) electrons. The van der Waals surface area contributed by atoms with Gasteiger partial charge < -0.3 is 9.47 Å². The first-order valence-electron chi connectivity index (χ1n) is 5.43. The van der Waals surface area contributed by atoms with Crippen molar-refractivity contribution in [1.82, 2.24) is 0 Å². The summed E-state index contributed by atoms with van der Waals surface area (Å²) in [6, 6.07) is 0. The standard InChI is InChI=1S/C11H14Cl3NO4/c1-9(2,3)6-15-10(4,8(17)19-6)7(16)18-5-11(12,13)14/h5H2,1-4H3/t10-/m0/s1. The highest BCUT2D eigenvalue weighted by atomic mass is 35.6. The molecular formula is C11H14Cl3NO4. The molecule has 1 rings (SSSR count). The van der Waals surface area contributed by atoms with Gasteiger partial charge in [0.25, 0.3) is 5.54 Å². The van der Waals surface area contributed by atoms with Gasteiger partial charge in [0.2, 0.25) is 9.69 Å². The van der Waals surface area contributed by atoms with Crippen LogP contribution in [0.3, 0.4) is 0 Å². The summed E-state index contributed by atoms with van der Waals surface area (Å²) in [5.41, 5.74) is -2.25. The minimum absolute atomic E-state index is 0.172. The highest BCUT2D eigenvalue weighted by Crippen LogP contribution is 2.31. The molecule has 0 amide bonds. The SMILES string of the molecule is CC(C)(C)C1=N[C@@](C)(C(=O)OCC(Cl)(Cl)Cl)C(=O)O1. The molecule has 0 N–H and O–H groups in total. The third kappa shape index (κ3) is 3.97. The Bertz CT molecular complexity index is 436. The van der Waals surface area contributed by atoms with E-state index >= 15 is 0 Å². The van der Waals surface area contributed by atoms with Crippen LogP contribution in [0.15, 0.2) is 4.99 Å². The van der Waals surface area contributed by atoms with Crippen LogP contribution >= 0.6 is 34.8 Å². The number of hydrogen-bond acceptors (Lipinski definition) is 5. The predicted octanol–water partition coefficient (Wildman–Crippen LogP) is 2.66. The number of rotatable bonds is 2. The summed E-state index contributed by atoms with van der Waals surface area (Å²) in [7, 11) is 0. The molecule has 0 aromatic heterocycles. The fraction of sp³-hybridized carbons (Fsp3) is 0.727. The maximum atomic E-state index is 11.9. The van der Waals surface area contributed by atoms with Crippen LogP contribution in [0.5, 0.6) is 0 Å². The van der Waals surface area contributed by atoms with Crippen molar-refractivity contribution < 1.29 is 19.1 Å². The minimum Gasteiger partial charge on any atom is -0.459 e. The number of hydrogen-bond donors (Lipinski definition) is 0. The second kappa shape index (κ2) is 5.11. The van der Waals surface area contributed by atoms with Crippen molar-refractivity contribution in [3.63, 3.8) is 0 Å². The normalized spacial score (nSPS) is 23.9. The molecule has 0 aromatic rings. The Hall–Kier alpha value is -0.520. The molecule has 0 aliphatic carbocycles. The largest absolute Gasteiger partial charge is 0.459 e. The van der Waals surface area contributed by atoms with Gasteiger partial charge in [-0.2, -0.15) is 0 Å². The fourth-order valence-corrected chi connectivity index (χ4v) is 1.36. The summed E-state index contributed by atoms with van der Waals surface area (Å²) < 4.78 is 8.04. The van der Waals surface area contributed by atoms with Crippen molar-refractivity contribution in [2.75, 3.05) is 6.61 Å². The van der Waals surface area contributed by atoms with Crippen LogP contribution < -0.4 is 0 Å². The highest BCUT2D eigenvalue weighted by molar-refractivity contribution is 6.67. The molecule has 0 saturated heterocycles. The Morgan fingerprint density at radius 3 is 2.26 bits per heavy atom. The summed E-state index contributed by atoms with van der Waals surface area (Å²) in [6.07, 6.45) is 0. The topological polar surface area (TPSA) is 65.0 Å². The summed E-state index contributed by atoms with van der Waals surface area (Å²) in [5.74, 6) is -1.54. The van der Waals surface area contributed by atoms with E-state index in [9.17, 15) is 9.59 Å². The molecule has 0 bridgehead atoms. The molecule has 1 heterocycles. The number of ether oxygens (including phenoxy) is 2. The Kier molecular flexibility index (Phi) is 4.45. The lowest BCUT2D eigenvalue weighted by Crippen LogP contribution is -2.41. The lowest BCUT2D eigenvalue weighted by atomic mass is 9.96. The number of halogens is 3. The van der Waals surface area contributed by atoms with E-state index in [-0.39, 0.29) is 5.90 Å². The second-order valence-electron chi connectivity index (χ2n) is 5.32. The molecule has 0 unspecified atom stereocenters. The molecule has 0 fully saturated rings. The van der Waals surface area contributed by atoms with E-state index in [1.807, 2.05) is 0 Å². The van der Waals surface area contributed by atoms with Crippen LogP contribution in [0.4, 0.5) is 0 Å². The van der Waals surface area contributed by atoms with Crippen molar-refractivity contribution in [2.24, 2.45) is 10.4 Å². The van der Waals surface area contributed by atoms with Crippen molar-refractivity contribution in [3.05, 3.63) is 0 Å². The van der Waals surface area contributed by atoms with E-state index in [4.69, 9.17) is 44.3 Å². The Morgan fingerprint density at radius 2 is 1.89 bits per heavy atom. The number of nitrogens with zero attached hydrogens (tertiary/aromatic N) is 1. The average Bonchev–Trinajstić information content (AvgIpc) is 2.52. The zero-order valence-electron chi connectivity index (χ0n) is 10.9. The first-order valence-corrected chi connectivity index (χ1v) is 6.56. The molecule has 1 atom stereocenters. The Balaban J connectivity index is 2.89. The van der Waals surface area contributed by atoms with E-state index in [0.29, 0.717) is 0 Å². The van der Waals surface area contributed by atoms with Gasteiger partial charge >= 0.3 is 11.9 Å². The average molecular weight is 331 g/mol. The third-order valence-electron chi connectivity index (χ3n) is 2.32. The van der Waals surface area contributed by atoms with E-state index in [1.54, 1.807) is 20.8 Å². The first-order chi connectivity index (χ1) is 8.36. The zero-order chi connectivity index (χ0) is 15.1. The van der Waals surface area contributed by atoms with Crippen LogP contribution in [-0.4, -0.2) is 33.8 Å². The number of alkyl halides is 3. The monoisotopic (exact) mass is 329 g/mol. The van der Waals surface area contributed by atoms with Gasteiger partial charge in [0.05, 0.1) is 0 Å². The lowest BCUT2D eigenvalue weighted by Gasteiger charge is -2.17.